The van der Waals surface area contributed by atoms with Gasteiger partial charge in [0.05, 0.1) is 37.4 Å². The molecule has 61 heavy (non-hydrogen) atoms. The van der Waals surface area contributed by atoms with Gasteiger partial charge in [-0.1, -0.05) is 54.6 Å². The standard InChI is InChI=1S/C48H54N4O9/c53-46(54)40(34-10-13-49-22-34)19-31-7-1-4-28-16-37(59-43(28)31)25-52(26-38-17-29-5-2-8-32(44(29)60-38)20-41(47(55)56)35-11-14-50-23-35)27-39-18-30-6-3-9-33(45(30)61-39)21-42(48(57)58)36-12-15-51-24-36/h1-9,16-18,34-36,40-42,49-51H,10-15,19-27H2,(H,53,54)(H,55,56)(H,57,58)/t34-,35-,36-,40-,41-,42-/m0/s1. The zero-order chi connectivity index (χ0) is 42.0. The summed E-state index contributed by atoms with van der Waals surface area (Å²) in [7, 11) is 0. The molecule has 3 aliphatic heterocycles. The van der Waals surface area contributed by atoms with Gasteiger partial charge < -0.3 is 44.5 Å². The predicted octanol–water partition coefficient (Wildman–Crippen LogP) is 6.69. The Kier molecular flexibility index (Phi) is 12.0. The topological polar surface area (TPSA) is 191 Å². The quantitative estimate of drug-likeness (QED) is 0.0538. The Morgan fingerprint density at radius 1 is 0.525 bits per heavy atom. The van der Waals surface area contributed by atoms with E-state index in [1.54, 1.807) is 0 Å². The van der Waals surface area contributed by atoms with E-state index in [-0.39, 0.29) is 17.8 Å². The number of para-hydroxylation sites is 3. The predicted molar refractivity (Wildman–Crippen MR) is 229 cm³/mol. The average Bonchev–Trinajstić information content (AvgIpc) is 4.09. The van der Waals surface area contributed by atoms with E-state index in [0.29, 0.717) is 92.6 Å². The van der Waals surface area contributed by atoms with Crippen molar-refractivity contribution in [2.45, 2.75) is 58.2 Å². The lowest BCUT2D eigenvalue weighted by atomic mass is 9.86. The molecule has 13 heteroatoms. The summed E-state index contributed by atoms with van der Waals surface area (Å²) in [6.45, 7) is 5.66. The van der Waals surface area contributed by atoms with Crippen molar-refractivity contribution in [3.8, 4) is 0 Å². The molecule has 6 atom stereocenters. The van der Waals surface area contributed by atoms with Gasteiger partial charge in [-0.2, -0.15) is 0 Å². The van der Waals surface area contributed by atoms with Crippen LogP contribution in [-0.4, -0.2) is 77.4 Å². The third kappa shape index (κ3) is 8.97. The number of furan rings is 3. The van der Waals surface area contributed by atoms with Gasteiger partial charge in [0, 0.05) is 16.2 Å². The summed E-state index contributed by atoms with van der Waals surface area (Å²) in [5.41, 5.74) is 4.66. The monoisotopic (exact) mass is 830 g/mol. The second-order valence-electron chi connectivity index (χ2n) is 17.5. The molecule has 0 unspecified atom stereocenters. The number of fused-ring (bicyclic) bond motifs is 3. The maximum absolute atomic E-state index is 12.4. The summed E-state index contributed by atoms with van der Waals surface area (Å²) in [6, 6.07) is 23.7. The lowest BCUT2D eigenvalue weighted by Crippen LogP contribution is -2.27. The van der Waals surface area contributed by atoms with Gasteiger partial charge in [-0.15, -0.1) is 0 Å². The number of nitrogens with zero attached hydrogens (tertiary/aromatic N) is 1. The summed E-state index contributed by atoms with van der Waals surface area (Å²) < 4.78 is 19.8. The van der Waals surface area contributed by atoms with Gasteiger partial charge in [0.25, 0.3) is 0 Å². The molecule has 6 heterocycles. The van der Waals surface area contributed by atoms with Crippen LogP contribution in [0.1, 0.15) is 53.2 Å². The number of aliphatic carboxylic acids is 3. The number of rotatable bonds is 18. The highest BCUT2D eigenvalue weighted by atomic mass is 16.4. The fraction of sp³-hybridized carbons (Fsp3) is 0.438. The first-order valence-corrected chi connectivity index (χ1v) is 21.7. The zero-order valence-electron chi connectivity index (χ0n) is 34.2. The van der Waals surface area contributed by atoms with Crippen LogP contribution in [0.5, 0.6) is 0 Å². The molecule has 6 aromatic rings. The second-order valence-corrected chi connectivity index (χ2v) is 17.5. The highest BCUT2D eigenvalue weighted by Gasteiger charge is 2.34. The largest absolute Gasteiger partial charge is 0.481 e. The number of hydrogen-bond donors (Lipinski definition) is 6. The minimum Gasteiger partial charge on any atom is -0.481 e. The van der Waals surface area contributed by atoms with Crippen LogP contribution in [-0.2, 0) is 53.3 Å². The molecule has 3 fully saturated rings. The molecular weight excluding hydrogens is 777 g/mol. The number of carbonyl (C=O) groups is 3. The number of carboxylic acids is 3. The Bertz CT molecular complexity index is 2240. The summed E-state index contributed by atoms with van der Waals surface area (Å²) in [5.74, 6) is -1.70. The van der Waals surface area contributed by atoms with Gasteiger partial charge in [-0.05, 0) is 130 Å². The maximum Gasteiger partial charge on any atom is 0.307 e. The van der Waals surface area contributed by atoms with E-state index in [0.717, 1.165) is 71.7 Å². The lowest BCUT2D eigenvalue weighted by Gasteiger charge is -2.19. The lowest BCUT2D eigenvalue weighted by molar-refractivity contribution is -0.144. The van der Waals surface area contributed by atoms with Crippen LogP contribution in [0, 0.1) is 35.5 Å². The van der Waals surface area contributed by atoms with Crippen molar-refractivity contribution in [1.82, 2.24) is 20.9 Å². The average molecular weight is 831 g/mol. The number of carboxylic acid groups (broad SMARTS) is 3. The van der Waals surface area contributed by atoms with E-state index in [1.807, 2.05) is 72.8 Å². The molecule has 320 valence electrons. The van der Waals surface area contributed by atoms with Crippen molar-refractivity contribution in [2.24, 2.45) is 35.5 Å². The minimum absolute atomic E-state index is 0.0517. The first-order valence-electron chi connectivity index (χ1n) is 21.7. The molecule has 3 saturated heterocycles. The van der Waals surface area contributed by atoms with E-state index in [4.69, 9.17) is 13.3 Å². The third-order valence-corrected chi connectivity index (χ3v) is 13.4. The summed E-state index contributed by atoms with van der Waals surface area (Å²) >= 11 is 0. The Balaban J connectivity index is 1.02. The van der Waals surface area contributed by atoms with E-state index >= 15 is 0 Å². The van der Waals surface area contributed by atoms with Crippen molar-refractivity contribution >= 4 is 50.8 Å². The fourth-order valence-corrected chi connectivity index (χ4v) is 10.2. The van der Waals surface area contributed by atoms with Crippen molar-refractivity contribution in [3.63, 3.8) is 0 Å². The molecule has 0 saturated carbocycles. The van der Waals surface area contributed by atoms with Gasteiger partial charge in [-0.3, -0.25) is 19.3 Å². The molecule has 6 N–H and O–H groups in total. The molecule has 13 nitrogen and oxygen atoms in total. The van der Waals surface area contributed by atoms with Crippen LogP contribution >= 0.6 is 0 Å². The van der Waals surface area contributed by atoms with Crippen LogP contribution in [0.3, 0.4) is 0 Å². The zero-order valence-corrected chi connectivity index (χ0v) is 34.2. The minimum atomic E-state index is -0.797. The Morgan fingerprint density at radius 2 is 0.836 bits per heavy atom. The molecule has 0 amide bonds. The fourth-order valence-electron chi connectivity index (χ4n) is 10.2. The van der Waals surface area contributed by atoms with Gasteiger partial charge in [0.1, 0.15) is 34.0 Å². The van der Waals surface area contributed by atoms with E-state index < -0.39 is 35.7 Å². The Hall–Kier alpha value is -5.47. The van der Waals surface area contributed by atoms with Gasteiger partial charge in [0.15, 0.2) is 0 Å². The molecular formula is C48H54N4O9. The van der Waals surface area contributed by atoms with E-state index in [2.05, 4.69) is 20.9 Å². The first kappa shape index (κ1) is 40.9. The number of hydrogen-bond acceptors (Lipinski definition) is 10. The van der Waals surface area contributed by atoms with Crippen molar-refractivity contribution in [3.05, 3.63) is 107 Å². The van der Waals surface area contributed by atoms with Gasteiger partial charge in [-0.25, -0.2) is 0 Å². The maximum atomic E-state index is 12.4. The van der Waals surface area contributed by atoms with Crippen molar-refractivity contribution < 1.29 is 43.0 Å². The molecule has 0 spiro atoms. The number of nitrogens with one attached hydrogen (secondary N) is 3. The second kappa shape index (κ2) is 17.9. The van der Waals surface area contributed by atoms with E-state index in [1.165, 1.54) is 0 Å². The normalized spacial score (nSPS) is 20.9. The van der Waals surface area contributed by atoms with Crippen LogP contribution in [0.2, 0.25) is 0 Å². The first-order chi connectivity index (χ1) is 29.7. The van der Waals surface area contributed by atoms with E-state index in [9.17, 15) is 29.7 Å². The molecule has 0 radical (unpaired) electrons. The van der Waals surface area contributed by atoms with Gasteiger partial charge >= 0.3 is 17.9 Å². The summed E-state index contributed by atoms with van der Waals surface area (Å²) in [6.07, 6.45) is 3.60. The number of benzene rings is 3. The molecule has 3 aliphatic rings. The van der Waals surface area contributed by atoms with Crippen LogP contribution in [0.4, 0.5) is 0 Å². The highest BCUT2D eigenvalue weighted by Crippen LogP contribution is 2.34. The molecule has 3 aromatic carbocycles. The van der Waals surface area contributed by atoms with Crippen LogP contribution < -0.4 is 16.0 Å². The Morgan fingerprint density at radius 3 is 1.10 bits per heavy atom. The smallest absolute Gasteiger partial charge is 0.307 e. The highest BCUT2D eigenvalue weighted by molar-refractivity contribution is 5.84. The van der Waals surface area contributed by atoms with Crippen LogP contribution in [0.25, 0.3) is 32.9 Å². The summed E-state index contributed by atoms with van der Waals surface area (Å²) in [5, 5.41) is 43.2. The van der Waals surface area contributed by atoms with Gasteiger partial charge in [0.2, 0.25) is 0 Å². The van der Waals surface area contributed by atoms with Crippen LogP contribution in [0.15, 0.2) is 86.0 Å². The summed E-state index contributed by atoms with van der Waals surface area (Å²) in [4.78, 5) is 39.5. The molecule has 0 bridgehead atoms. The SMILES string of the molecule is O=C(O)[C@@H](Cc1cccc2cc(CN(Cc3cc4cccc(C[C@H](C(=O)O)[C@H]5CCNC5)c4o3)Cc3cc4cccc(C[C@H](C(=O)O)[C@H]5CCNC5)c4o3)oc12)[C@H]1CCNC1. The third-order valence-electron chi connectivity index (χ3n) is 13.4. The van der Waals surface area contributed by atoms with Crippen molar-refractivity contribution in [1.29, 1.82) is 0 Å². The van der Waals surface area contributed by atoms with Crippen molar-refractivity contribution in [2.75, 3.05) is 39.3 Å². The molecule has 9 rings (SSSR count). The molecule has 3 aromatic heterocycles. The Labute approximate surface area is 353 Å². The molecule has 0 aliphatic carbocycles.